The molecule has 4 heterocycles. The van der Waals surface area contributed by atoms with Gasteiger partial charge in [-0.15, -0.1) is 0 Å². The Morgan fingerprint density at radius 2 is 1.71 bits per heavy atom. The maximum atomic E-state index is 5.03. The molecule has 6 nitrogen and oxygen atoms in total. The van der Waals surface area contributed by atoms with Crippen LogP contribution in [0.2, 0.25) is 0 Å². The number of hydrogen-bond donors (Lipinski definition) is 0. The van der Waals surface area contributed by atoms with Crippen molar-refractivity contribution in [3.8, 4) is 11.4 Å². The lowest BCUT2D eigenvalue weighted by molar-refractivity contribution is 0.925. The molecule has 0 amide bonds. The van der Waals surface area contributed by atoms with Gasteiger partial charge in [-0.1, -0.05) is 24.3 Å². The fraction of sp³-hybridized carbons (Fsp3) is 0.120. The Kier molecular flexibility index (Phi) is 3.86. The summed E-state index contributed by atoms with van der Waals surface area (Å²) >= 11 is 0. The van der Waals surface area contributed by atoms with Gasteiger partial charge in [0, 0.05) is 30.2 Å². The van der Waals surface area contributed by atoms with Gasteiger partial charge in [0.05, 0.1) is 28.8 Å². The highest BCUT2D eigenvalue weighted by Gasteiger charge is 2.19. The van der Waals surface area contributed by atoms with E-state index in [9.17, 15) is 0 Å². The quantitative estimate of drug-likeness (QED) is 0.420. The van der Waals surface area contributed by atoms with Gasteiger partial charge >= 0.3 is 0 Å². The minimum Gasteiger partial charge on any atom is -0.299 e. The standard InChI is InChI=1S/C25H20N6/c1-16-14-27-25-13-21(29-20-5-3-4-6-23(20)30(16)25)18-7-9-19(10-8-18)31-17(2)28-22-15-26-12-11-24(22)31/h3-12,14-15H,13H2,1-2H3. The van der Waals surface area contributed by atoms with Gasteiger partial charge in [0.2, 0.25) is 0 Å². The predicted molar refractivity (Wildman–Crippen MR) is 122 cm³/mol. The van der Waals surface area contributed by atoms with Crippen LogP contribution in [-0.4, -0.2) is 29.8 Å². The molecule has 31 heavy (non-hydrogen) atoms. The SMILES string of the molecule is Cc1cnc2n1-c1ccccc1N=C(c1ccc(-n3c(C)nc4cnccc43)cc1)C2. The molecule has 0 saturated heterocycles. The van der Waals surface area contributed by atoms with Gasteiger partial charge in [0.15, 0.2) is 0 Å². The Hall–Kier alpha value is -4.06. The van der Waals surface area contributed by atoms with Crippen molar-refractivity contribution in [3.63, 3.8) is 0 Å². The first kappa shape index (κ1) is 17.8. The minimum absolute atomic E-state index is 0.681. The number of aromatic nitrogens is 5. The van der Waals surface area contributed by atoms with Crippen molar-refractivity contribution in [2.24, 2.45) is 4.99 Å². The molecule has 0 fully saturated rings. The lowest BCUT2D eigenvalue weighted by atomic mass is 10.1. The minimum atomic E-state index is 0.681. The van der Waals surface area contributed by atoms with Crippen LogP contribution in [0.15, 0.2) is 78.2 Å². The molecule has 5 aromatic rings. The van der Waals surface area contributed by atoms with Crippen LogP contribution in [0.3, 0.4) is 0 Å². The highest BCUT2D eigenvalue weighted by molar-refractivity contribution is 6.04. The Bertz CT molecular complexity index is 1470. The smallest absolute Gasteiger partial charge is 0.119 e. The fourth-order valence-electron chi connectivity index (χ4n) is 4.37. The van der Waals surface area contributed by atoms with Crippen molar-refractivity contribution in [2.45, 2.75) is 20.3 Å². The van der Waals surface area contributed by atoms with Gasteiger partial charge in [-0.25, -0.2) is 9.97 Å². The van der Waals surface area contributed by atoms with Crippen LogP contribution in [0, 0.1) is 13.8 Å². The monoisotopic (exact) mass is 404 g/mol. The van der Waals surface area contributed by atoms with Gasteiger partial charge < -0.3 is 0 Å². The summed E-state index contributed by atoms with van der Waals surface area (Å²) < 4.78 is 4.36. The summed E-state index contributed by atoms with van der Waals surface area (Å²) in [5, 5.41) is 0. The highest BCUT2D eigenvalue weighted by Crippen LogP contribution is 2.30. The number of benzene rings is 2. The van der Waals surface area contributed by atoms with Crippen molar-refractivity contribution in [2.75, 3.05) is 0 Å². The summed E-state index contributed by atoms with van der Waals surface area (Å²) in [6.45, 7) is 4.10. The van der Waals surface area contributed by atoms with Crippen LogP contribution < -0.4 is 0 Å². The maximum Gasteiger partial charge on any atom is 0.119 e. The maximum absolute atomic E-state index is 5.03. The number of fused-ring (bicyclic) bond motifs is 4. The summed E-state index contributed by atoms with van der Waals surface area (Å²) in [7, 11) is 0. The largest absolute Gasteiger partial charge is 0.299 e. The molecule has 0 N–H and O–H groups in total. The van der Waals surface area contributed by atoms with Crippen LogP contribution in [0.5, 0.6) is 0 Å². The molecule has 0 unspecified atom stereocenters. The first-order valence-corrected chi connectivity index (χ1v) is 10.3. The molecule has 0 aliphatic carbocycles. The normalized spacial score (nSPS) is 12.9. The number of hydrogen-bond acceptors (Lipinski definition) is 4. The molecule has 1 aliphatic heterocycles. The van der Waals surface area contributed by atoms with Gasteiger partial charge in [-0.3, -0.25) is 19.1 Å². The Morgan fingerprint density at radius 1 is 0.871 bits per heavy atom. The molecule has 0 bridgehead atoms. The summed E-state index contributed by atoms with van der Waals surface area (Å²) in [6.07, 6.45) is 6.21. The van der Waals surface area contributed by atoms with Crippen molar-refractivity contribution in [1.82, 2.24) is 24.1 Å². The number of aryl methyl sites for hydroxylation is 2. The van der Waals surface area contributed by atoms with E-state index in [0.717, 1.165) is 56.7 Å². The molecule has 6 heteroatoms. The van der Waals surface area contributed by atoms with Crippen molar-refractivity contribution < 1.29 is 0 Å². The molecule has 150 valence electrons. The zero-order valence-corrected chi connectivity index (χ0v) is 17.3. The second kappa shape index (κ2) is 6.74. The molecule has 6 rings (SSSR count). The molecular weight excluding hydrogens is 384 g/mol. The third-order valence-electron chi connectivity index (χ3n) is 5.80. The number of pyridine rings is 1. The van der Waals surface area contributed by atoms with E-state index in [1.165, 1.54) is 0 Å². The van der Waals surface area contributed by atoms with E-state index in [0.29, 0.717) is 6.42 Å². The average molecular weight is 404 g/mol. The second-order valence-corrected chi connectivity index (χ2v) is 7.78. The van der Waals surface area contributed by atoms with E-state index in [1.807, 2.05) is 31.3 Å². The van der Waals surface area contributed by atoms with Gasteiger partial charge in [-0.05, 0) is 49.7 Å². The predicted octanol–water partition coefficient (Wildman–Crippen LogP) is 4.90. The van der Waals surface area contributed by atoms with E-state index < -0.39 is 0 Å². The summed E-state index contributed by atoms with van der Waals surface area (Å²) in [5.41, 5.74) is 8.29. The van der Waals surface area contributed by atoms with Crippen molar-refractivity contribution >= 4 is 22.4 Å². The molecule has 1 aliphatic rings. The van der Waals surface area contributed by atoms with Crippen LogP contribution >= 0.6 is 0 Å². The summed E-state index contributed by atoms with van der Waals surface area (Å²) in [4.78, 5) is 18.5. The van der Waals surface area contributed by atoms with Gasteiger partial charge in [-0.2, -0.15) is 0 Å². The Balaban J connectivity index is 1.45. The van der Waals surface area contributed by atoms with Gasteiger partial charge in [0.25, 0.3) is 0 Å². The number of para-hydroxylation sites is 2. The molecule has 0 spiro atoms. The molecule has 2 aromatic carbocycles. The highest BCUT2D eigenvalue weighted by atomic mass is 15.1. The van der Waals surface area contributed by atoms with Crippen LogP contribution in [0.25, 0.3) is 22.4 Å². The third-order valence-corrected chi connectivity index (χ3v) is 5.80. The van der Waals surface area contributed by atoms with E-state index >= 15 is 0 Å². The van der Waals surface area contributed by atoms with Gasteiger partial charge in [0.1, 0.15) is 17.2 Å². The summed E-state index contributed by atoms with van der Waals surface area (Å²) in [5.74, 6) is 1.95. The van der Waals surface area contributed by atoms with Crippen molar-refractivity contribution in [1.29, 1.82) is 0 Å². The zero-order chi connectivity index (χ0) is 20.9. The number of imidazole rings is 2. The van der Waals surface area contributed by atoms with E-state index in [1.54, 1.807) is 12.4 Å². The first-order chi connectivity index (χ1) is 15.2. The van der Waals surface area contributed by atoms with E-state index in [-0.39, 0.29) is 0 Å². The third kappa shape index (κ3) is 2.79. The fourth-order valence-corrected chi connectivity index (χ4v) is 4.37. The van der Waals surface area contributed by atoms with Crippen LogP contribution in [-0.2, 0) is 6.42 Å². The molecule has 0 atom stereocenters. The number of aliphatic imine (C=N–C) groups is 1. The topological polar surface area (TPSA) is 60.9 Å². The molecule has 0 saturated carbocycles. The molecular formula is C25H20N6. The number of nitrogens with zero attached hydrogens (tertiary/aromatic N) is 6. The van der Waals surface area contributed by atoms with E-state index in [4.69, 9.17) is 4.99 Å². The van der Waals surface area contributed by atoms with Crippen LogP contribution in [0.1, 0.15) is 22.9 Å². The summed E-state index contributed by atoms with van der Waals surface area (Å²) in [6, 6.07) is 18.8. The van der Waals surface area contributed by atoms with Crippen molar-refractivity contribution in [3.05, 3.63) is 96.1 Å². The lowest BCUT2D eigenvalue weighted by Crippen LogP contribution is -2.09. The average Bonchev–Trinajstić information content (AvgIpc) is 3.26. The molecule has 0 radical (unpaired) electrons. The second-order valence-electron chi connectivity index (χ2n) is 7.78. The first-order valence-electron chi connectivity index (χ1n) is 10.3. The molecule has 3 aromatic heterocycles. The zero-order valence-electron chi connectivity index (χ0n) is 17.3. The lowest BCUT2D eigenvalue weighted by Gasteiger charge is -2.09. The van der Waals surface area contributed by atoms with E-state index in [2.05, 4.69) is 67.4 Å². The van der Waals surface area contributed by atoms with Crippen LogP contribution in [0.4, 0.5) is 5.69 Å². The number of rotatable bonds is 2. The Labute approximate surface area is 179 Å². The Morgan fingerprint density at radius 3 is 2.58 bits per heavy atom.